The molecule has 1 aromatic heterocycles. The molecule has 2 atom stereocenters. The largest absolute Gasteiger partial charge is 0.464 e. The molecule has 3 aromatic rings. The number of amides is 2. The number of esters is 1. The van der Waals surface area contributed by atoms with Crippen molar-refractivity contribution in [1.29, 1.82) is 0 Å². The molecule has 0 spiro atoms. The summed E-state index contributed by atoms with van der Waals surface area (Å²) >= 11 is 0. The van der Waals surface area contributed by atoms with E-state index in [4.69, 9.17) is 4.74 Å². The number of hydrogen-bond donors (Lipinski definition) is 4. The van der Waals surface area contributed by atoms with Crippen molar-refractivity contribution in [3.05, 3.63) is 77.6 Å². The molecule has 0 radical (unpaired) electrons. The van der Waals surface area contributed by atoms with Crippen LogP contribution in [0.1, 0.15) is 60.2 Å². The summed E-state index contributed by atoms with van der Waals surface area (Å²) in [7, 11) is 0. The summed E-state index contributed by atoms with van der Waals surface area (Å²) in [6.07, 6.45) is -0.239. The topological polar surface area (TPSA) is 133 Å². The van der Waals surface area contributed by atoms with Crippen molar-refractivity contribution in [1.82, 2.24) is 20.8 Å². The lowest BCUT2D eigenvalue weighted by Crippen LogP contribution is -2.41. The summed E-state index contributed by atoms with van der Waals surface area (Å²) in [5.74, 6) is -1.16. The highest BCUT2D eigenvalue weighted by atomic mass is 16.5. The quantitative estimate of drug-likeness (QED) is 0.255. The van der Waals surface area contributed by atoms with Gasteiger partial charge < -0.3 is 20.5 Å². The normalized spacial score (nSPS) is 12.6. The van der Waals surface area contributed by atoms with E-state index in [-0.39, 0.29) is 30.3 Å². The number of rotatable bonds is 13. The van der Waals surface area contributed by atoms with Gasteiger partial charge in [0.25, 0.3) is 11.8 Å². The van der Waals surface area contributed by atoms with Crippen LogP contribution in [0.5, 0.6) is 0 Å². The van der Waals surface area contributed by atoms with E-state index in [2.05, 4.69) is 34.7 Å². The van der Waals surface area contributed by atoms with E-state index in [0.29, 0.717) is 18.9 Å². The molecule has 1 heterocycles. The molecule has 9 nitrogen and oxygen atoms in total. The SMILES string of the molecule is CCOC(=O)C(O)CC(Cc1ccc(-c2ccccc2)cc1)NC(=O)c1cc(C(=O)NCCC(C)C)[nH]n1. The Morgan fingerprint density at radius 1 is 1.00 bits per heavy atom. The first-order valence-corrected chi connectivity index (χ1v) is 12.9. The standard InChI is InChI=1S/C29H36N4O5/c1-4-38-29(37)26(34)17-23(16-20-10-12-22(13-11-20)21-8-6-5-7-9-21)31-28(36)25-18-24(32-33-25)27(35)30-15-14-19(2)3/h5-13,18-19,23,26,34H,4,14-17H2,1-3H3,(H,30,35)(H,31,36)(H,32,33). The Morgan fingerprint density at radius 3 is 2.34 bits per heavy atom. The number of carbonyl (C=O) groups is 3. The minimum atomic E-state index is -1.40. The number of ether oxygens (including phenoxy) is 1. The molecule has 2 aromatic carbocycles. The summed E-state index contributed by atoms with van der Waals surface area (Å²) in [6, 6.07) is 18.6. The minimum Gasteiger partial charge on any atom is -0.464 e. The lowest BCUT2D eigenvalue weighted by molar-refractivity contribution is -0.153. The van der Waals surface area contributed by atoms with Gasteiger partial charge in [0.2, 0.25) is 0 Å². The fourth-order valence-electron chi connectivity index (χ4n) is 3.93. The smallest absolute Gasteiger partial charge is 0.335 e. The Morgan fingerprint density at radius 2 is 1.68 bits per heavy atom. The molecule has 38 heavy (non-hydrogen) atoms. The van der Waals surface area contributed by atoms with Crippen LogP contribution < -0.4 is 10.6 Å². The van der Waals surface area contributed by atoms with Gasteiger partial charge in [-0.05, 0) is 42.4 Å². The van der Waals surface area contributed by atoms with E-state index in [1.165, 1.54) is 6.07 Å². The summed E-state index contributed by atoms with van der Waals surface area (Å²) in [5.41, 5.74) is 3.27. The second kappa shape index (κ2) is 14.1. The molecule has 202 valence electrons. The van der Waals surface area contributed by atoms with E-state index >= 15 is 0 Å². The molecule has 0 saturated heterocycles. The number of H-pyrrole nitrogens is 1. The van der Waals surface area contributed by atoms with Gasteiger partial charge >= 0.3 is 5.97 Å². The Balaban J connectivity index is 1.69. The fraction of sp³-hybridized carbons (Fsp3) is 0.379. The Bertz CT molecular complexity index is 1190. The van der Waals surface area contributed by atoms with E-state index in [1.54, 1.807) is 6.92 Å². The summed E-state index contributed by atoms with van der Waals surface area (Å²) in [5, 5.41) is 22.6. The molecular formula is C29H36N4O5. The first kappa shape index (κ1) is 28.6. The molecule has 0 fully saturated rings. The number of aromatic amines is 1. The Labute approximate surface area is 223 Å². The van der Waals surface area contributed by atoms with Gasteiger partial charge in [-0.2, -0.15) is 5.10 Å². The highest BCUT2D eigenvalue weighted by molar-refractivity contribution is 5.97. The lowest BCUT2D eigenvalue weighted by atomic mass is 9.97. The zero-order chi connectivity index (χ0) is 27.5. The van der Waals surface area contributed by atoms with Crippen LogP contribution in [-0.4, -0.2) is 58.4 Å². The van der Waals surface area contributed by atoms with Crippen molar-refractivity contribution < 1.29 is 24.2 Å². The van der Waals surface area contributed by atoms with Gasteiger partial charge in [0.15, 0.2) is 11.8 Å². The van der Waals surface area contributed by atoms with Crippen molar-refractivity contribution >= 4 is 17.8 Å². The van der Waals surface area contributed by atoms with Gasteiger partial charge in [0.1, 0.15) is 5.69 Å². The van der Waals surface area contributed by atoms with E-state index in [0.717, 1.165) is 23.1 Å². The number of carbonyl (C=O) groups excluding carboxylic acids is 3. The van der Waals surface area contributed by atoms with E-state index < -0.39 is 24.0 Å². The average Bonchev–Trinajstić information content (AvgIpc) is 3.40. The fourth-order valence-corrected chi connectivity index (χ4v) is 3.93. The highest BCUT2D eigenvalue weighted by Crippen LogP contribution is 2.20. The number of aromatic nitrogens is 2. The van der Waals surface area contributed by atoms with Crippen LogP contribution in [0, 0.1) is 5.92 Å². The van der Waals surface area contributed by atoms with Crippen molar-refractivity contribution in [2.45, 2.75) is 52.2 Å². The van der Waals surface area contributed by atoms with E-state index in [1.807, 2.05) is 54.6 Å². The first-order chi connectivity index (χ1) is 18.3. The maximum atomic E-state index is 13.0. The molecule has 2 unspecified atom stereocenters. The van der Waals surface area contributed by atoms with Crippen LogP contribution >= 0.6 is 0 Å². The van der Waals surface area contributed by atoms with Crippen LogP contribution in [0.4, 0.5) is 0 Å². The summed E-state index contributed by atoms with van der Waals surface area (Å²) in [6.45, 7) is 6.46. The number of aliphatic hydroxyl groups is 1. The second-order valence-electron chi connectivity index (χ2n) is 9.55. The van der Waals surface area contributed by atoms with Crippen molar-refractivity contribution in [2.75, 3.05) is 13.2 Å². The van der Waals surface area contributed by atoms with E-state index in [9.17, 15) is 19.5 Å². The lowest BCUT2D eigenvalue weighted by Gasteiger charge is -2.21. The van der Waals surface area contributed by atoms with Crippen LogP contribution in [0.15, 0.2) is 60.7 Å². The van der Waals surface area contributed by atoms with Crippen LogP contribution in [-0.2, 0) is 16.0 Å². The summed E-state index contributed by atoms with van der Waals surface area (Å²) in [4.78, 5) is 37.4. The zero-order valence-electron chi connectivity index (χ0n) is 22.1. The van der Waals surface area contributed by atoms with Gasteiger partial charge in [-0.15, -0.1) is 0 Å². The van der Waals surface area contributed by atoms with Gasteiger partial charge in [-0.25, -0.2) is 4.79 Å². The summed E-state index contributed by atoms with van der Waals surface area (Å²) < 4.78 is 4.92. The molecule has 0 aliphatic heterocycles. The van der Waals surface area contributed by atoms with Crippen molar-refractivity contribution in [3.8, 4) is 11.1 Å². The van der Waals surface area contributed by atoms with Crippen LogP contribution in [0.25, 0.3) is 11.1 Å². The predicted molar refractivity (Wildman–Crippen MR) is 144 cm³/mol. The molecule has 2 amide bonds. The number of aliphatic hydroxyl groups excluding tert-OH is 1. The van der Waals surface area contributed by atoms with Gasteiger partial charge in [-0.1, -0.05) is 68.4 Å². The average molecular weight is 521 g/mol. The minimum absolute atomic E-state index is 0.0362. The molecule has 3 rings (SSSR count). The Hall–Kier alpha value is -3.98. The van der Waals surface area contributed by atoms with Crippen molar-refractivity contribution in [2.24, 2.45) is 5.92 Å². The van der Waals surface area contributed by atoms with Gasteiger partial charge in [-0.3, -0.25) is 14.7 Å². The molecule has 0 bridgehead atoms. The maximum Gasteiger partial charge on any atom is 0.335 e. The molecule has 0 aliphatic carbocycles. The zero-order valence-corrected chi connectivity index (χ0v) is 22.1. The molecule has 9 heteroatoms. The number of nitrogens with zero attached hydrogens (tertiary/aromatic N) is 1. The Kier molecular flexibility index (Phi) is 10.6. The molecule has 0 aliphatic rings. The third-order valence-corrected chi connectivity index (χ3v) is 6.01. The van der Waals surface area contributed by atoms with Crippen LogP contribution in [0.3, 0.4) is 0 Å². The molecule has 4 N–H and O–H groups in total. The monoisotopic (exact) mass is 520 g/mol. The third-order valence-electron chi connectivity index (χ3n) is 6.01. The number of nitrogens with one attached hydrogen (secondary N) is 3. The van der Waals surface area contributed by atoms with Crippen LogP contribution in [0.2, 0.25) is 0 Å². The first-order valence-electron chi connectivity index (χ1n) is 12.9. The third kappa shape index (κ3) is 8.55. The maximum absolute atomic E-state index is 13.0. The van der Waals surface area contributed by atoms with Crippen molar-refractivity contribution in [3.63, 3.8) is 0 Å². The second-order valence-corrected chi connectivity index (χ2v) is 9.55. The van der Waals surface area contributed by atoms with Gasteiger partial charge in [0.05, 0.1) is 6.61 Å². The highest BCUT2D eigenvalue weighted by Gasteiger charge is 2.25. The predicted octanol–water partition coefficient (Wildman–Crippen LogP) is 3.51. The van der Waals surface area contributed by atoms with Gasteiger partial charge in [0, 0.05) is 25.1 Å². The molecule has 0 saturated carbocycles. The number of hydrogen-bond acceptors (Lipinski definition) is 6. The molecular weight excluding hydrogens is 484 g/mol. The number of benzene rings is 2.